The highest BCUT2D eigenvalue weighted by Crippen LogP contribution is 1.84. The maximum absolute atomic E-state index is 11.1. The summed E-state index contributed by atoms with van der Waals surface area (Å²) in [4.78, 5) is 23.1. The summed E-state index contributed by atoms with van der Waals surface area (Å²) in [6.07, 6.45) is 0. The predicted molar refractivity (Wildman–Crippen MR) is 47.3 cm³/mol. The van der Waals surface area contributed by atoms with Crippen LogP contribution in [0.2, 0.25) is 0 Å². The molecular weight excluding hydrogens is 227 g/mol. The van der Waals surface area contributed by atoms with Crippen LogP contribution in [0.25, 0.3) is 0 Å². The largest absolute Gasteiger partial charge is 0.480 e. The van der Waals surface area contributed by atoms with Crippen molar-refractivity contribution in [1.29, 1.82) is 0 Å². The van der Waals surface area contributed by atoms with Crippen molar-refractivity contribution >= 4 is 11.9 Å². The quantitative estimate of drug-likeness (QED) is 0.517. The Kier molecular flexibility index (Phi) is 9.47. The van der Waals surface area contributed by atoms with Gasteiger partial charge in [0.1, 0.15) is 13.2 Å². The van der Waals surface area contributed by atoms with E-state index in [0.717, 1.165) is 0 Å². The Labute approximate surface area is 90.9 Å². The van der Waals surface area contributed by atoms with Crippen LogP contribution in [0.3, 0.4) is 0 Å². The van der Waals surface area contributed by atoms with Gasteiger partial charge in [-0.15, -0.1) is 0 Å². The molecule has 0 bridgehead atoms. The lowest BCUT2D eigenvalue weighted by atomic mass is 10.7. The molecule has 8 heteroatoms. The summed E-state index contributed by atoms with van der Waals surface area (Å²) < 4.78 is 25.4. The van der Waals surface area contributed by atoms with Gasteiger partial charge in [-0.2, -0.15) is 0 Å². The number of hydrogen-bond donors (Lipinski definition) is 1. The summed E-state index contributed by atoms with van der Waals surface area (Å²) >= 11 is 0. The fourth-order valence-electron chi connectivity index (χ4n) is 0.675. The van der Waals surface area contributed by atoms with Crippen molar-refractivity contribution in [2.24, 2.45) is 0 Å². The van der Waals surface area contributed by atoms with Crippen LogP contribution >= 0.6 is 0 Å². The second kappa shape index (κ2) is 10.3. The maximum Gasteiger partial charge on any atom is 0.374 e. The molecule has 0 rings (SSSR count). The van der Waals surface area contributed by atoms with Gasteiger partial charge in [-0.1, -0.05) is 0 Å². The minimum Gasteiger partial charge on any atom is -0.480 e. The van der Waals surface area contributed by atoms with E-state index in [0.29, 0.717) is 0 Å². The van der Waals surface area contributed by atoms with E-state index in [1.807, 2.05) is 0 Å². The number of carbonyl (C=O) groups is 2. The van der Waals surface area contributed by atoms with Crippen molar-refractivity contribution in [2.45, 2.75) is 0 Å². The number of ether oxygens (including phenoxy) is 3. The summed E-state index contributed by atoms with van der Waals surface area (Å²) in [6, 6.07) is 0. The standard InChI is InChI=1S/C8H13FO7/c9-16-8(12)6-15-4-2-13-1-3-14-5-7(10)11/h1-6H2,(H,10,11). The van der Waals surface area contributed by atoms with E-state index in [4.69, 9.17) is 9.84 Å². The van der Waals surface area contributed by atoms with Crippen molar-refractivity contribution in [3.05, 3.63) is 0 Å². The zero-order chi connectivity index (χ0) is 12.2. The molecule has 0 saturated heterocycles. The summed E-state index contributed by atoms with van der Waals surface area (Å²) in [5.74, 6) is -2.15. The van der Waals surface area contributed by atoms with E-state index in [2.05, 4.69) is 14.4 Å². The number of carbonyl (C=O) groups excluding carboxylic acids is 1. The molecule has 0 heterocycles. The lowest BCUT2D eigenvalue weighted by Crippen LogP contribution is -2.15. The zero-order valence-electron chi connectivity index (χ0n) is 8.52. The first kappa shape index (κ1) is 14.8. The summed E-state index contributed by atoms with van der Waals surface area (Å²) in [7, 11) is 0. The van der Waals surface area contributed by atoms with Crippen molar-refractivity contribution < 1.29 is 38.4 Å². The molecule has 0 amide bonds. The molecule has 0 aliphatic heterocycles. The maximum atomic E-state index is 11.1. The molecule has 0 atom stereocenters. The van der Waals surface area contributed by atoms with Crippen molar-refractivity contribution in [3.63, 3.8) is 0 Å². The van der Waals surface area contributed by atoms with Crippen molar-refractivity contribution in [1.82, 2.24) is 0 Å². The fraction of sp³-hybridized carbons (Fsp3) is 0.750. The molecule has 16 heavy (non-hydrogen) atoms. The molecule has 0 aromatic carbocycles. The highest BCUT2D eigenvalue weighted by Gasteiger charge is 2.01. The Balaban J connectivity index is 3.04. The molecule has 0 radical (unpaired) electrons. The van der Waals surface area contributed by atoms with Crippen molar-refractivity contribution in [2.75, 3.05) is 39.6 Å². The van der Waals surface area contributed by atoms with E-state index in [1.165, 1.54) is 0 Å². The van der Waals surface area contributed by atoms with Crippen LogP contribution in [-0.2, 0) is 28.7 Å². The number of carboxylic acid groups (broad SMARTS) is 1. The Morgan fingerprint density at radius 2 is 1.44 bits per heavy atom. The molecule has 0 aliphatic rings. The third-order valence-electron chi connectivity index (χ3n) is 1.28. The van der Waals surface area contributed by atoms with Crippen LogP contribution in [0, 0.1) is 0 Å². The molecule has 0 saturated carbocycles. The van der Waals surface area contributed by atoms with Crippen LogP contribution in [-0.4, -0.2) is 56.7 Å². The summed E-state index contributed by atoms with van der Waals surface area (Å²) in [5.41, 5.74) is 0. The van der Waals surface area contributed by atoms with E-state index in [9.17, 15) is 14.1 Å². The average Bonchev–Trinajstić information content (AvgIpc) is 2.26. The lowest BCUT2D eigenvalue weighted by molar-refractivity contribution is -0.189. The Hall–Kier alpha value is -1.25. The van der Waals surface area contributed by atoms with Crippen LogP contribution in [0.1, 0.15) is 0 Å². The van der Waals surface area contributed by atoms with E-state index < -0.39 is 18.5 Å². The van der Waals surface area contributed by atoms with Gasteiger partial charge < -0.3 is 19.3 Å². The number of halogens is 1. The van der Waals surface area contributed by atoms with Gasteiger partial charge in [-0.25, -0.2) is 9.59 Å². The van der Waals surface area contributed by atoms with Gasteiger partial charge in [0.15, 0.2) is 0 Å². The van der Waals surface area contributed by atoms with Gasteiger partial charge in [0.05, 0.1) is 26.4 Å². The van der Waals surface area contributed by atoms with Gasteiger partial charge >= 0.3 is 11.9 Å². The fourth-order valence-corrected chi connectivity index (χ4v) is 0.675. The predicted octanol–water partition coefficient (Wildman–Crippen LogP) is -0.451. The Morgan fingerprint density at radius 1 is 0.938 bits per heavy atom. The molecule has 0 fully saturated rings. The molecule has 94 valence electrons. The Bertz CT molecular complexity index is 209. The topological polar surface area (TPSA) is 91.3 Å². The molecule has 0 aliphatic carbocycles. The highest BCUT2D eigenvalue weighted by molar-refractivity contribution is 5.69. The third-order valence-corrected chi connectivity index (χ3v) is 1.28. The molecule has 1 N–H and O–H groups in total. The lowest BCUT2D eigenvalue weighted by Gasteiger charge is -2.04. The number of rotatable bonds is 10. The molecule has 7 nitrogen and oxygen atoms in total. The SMILES string of the molecule is O=C(O)COCCOCCOCC(=O)OF. The monoisotopic (exact) mass is 240 g/mol. The van der Waals surface area contributed by atoms with Gasteiger partial charge in [0.25, 0.3) is 0 Å². The first-order valence-electron chi connectivity index (χ1n) is 4.43. The number of carboxylic acids is 1. The number of aliphatic carboxylic acids is 1. The van der Waals surface area contributed by atoms with Crippen molar-refractivity contribution in [3.8, 4) is 0 Å². The number of hydrogen-bond acceptors (Lipinski definition) is 6. The molecule has 0 aromatic heterocycles. The zero-order valence-corrected chi connectivity index (χ0v) is 8.52. The minimum absolute atomic E-state index is 0.105. The van der Waals surface area contributed by atoms with Crippen LogP contribution in [0.4, 0.5) is 4.53 Å². The highest BCUT2D eigenvalue weighted by atomic mass is 19.3. The van der Waals surface area contributed by atoms with Gasteiger partial charge in [0, 0.05) is 4.53 Å². The minimum atomic E-state index is -1.11. The van der Waals surface area contributed by atoms with E-state index in [-0.39, 0.29) is 33.0 Å². The Morgan fingerprint density at radius 3 is 1.94 bits per heavy atom. The van der Waals surface area contributed by atoms with Gasteiger partial charge in [-0.05, 0) is 0 Å². The average molecular weight is 240 g/mol. The van der Waals surface area contributed by atoms with E-state index in [1.54, 1.807) is 0 Å². The van der Waals surface area contributed by atoms with Crippen LogP contribution in [0.5, 0.6) is 0 Å². The summed E-state index contributed by atoms with van der Waals surface area (Å²) in [6.45, 7) is -0.190. The van der Waals surface area contributed by atoms with Gasteiger partial charge in [0.2, 0.25) is 0 Å². The second-order valence-corrected chi connectivity index (χ2v) is 2.56. The second-order valence-electron chi connectivity index (χ2n) is 2.56. The normalized spacial score (nSPS) is 10.1. The molecular formula is C8H13FO7. The third kappa shape index (κ3) is 10.8. The molecule has 0 aromatic rings. The summed E-state index contributed by atoms with van der Waals surface area (Å²) in [5, 5.41) is 8.20. The molecule has 0 spiro atoms. The first-order chi connectivity index (χ1) is 7.66. The smallest absolute Gasteiger partial charge is 0.374 e. The van der Waals surface area contributed by atoms with Crippen LogP contribution < -0.4 is 0 Å². The first-order valence-corrected chi connectivity index (χ1v) is 4.43. The van der Waals surface area contributed by atoms with Crippen LogP contribution in [0.15, 0.2) is 0 Å². The molecule has 0 unspecified atom stereocenters. The van der Waals surface area contributed by atoms with Gasteiger partial charge in [-0.3, -0.25) is 4.94 Å². The van der Waals surface area contributed by atoms with E-state index >= 15 is 0 Å².